The Balaban J connectivity index is 1.34. The van der Waals surface area contributed by atoms with Crippen LogP contribution in [0, 0.1) is 0 Å². The molecule has 10 heteroatoms. The number of carbonyl (C=O) groups is 2. The number of allylic oxidation sites excluding steroid dienone is 2. The van der Waals surface area contributed by atoms with Crippen LogP contribution in [0.5, 0.6) is 17.5 Å². The van der Waals surface area contributed by atoms with Crippen LogP contribution >= 0.6 is 0 Å². The zero-order valence-electron chi connectivity index (χ0n) is 20.8. The minimum Gasteiger partial charge on any atom is -0.506 e. The Bertz CT molecular complexity index is 1310. The summed E-state index contributed by atoms with van der Waals surface area (Å²) in [6, 6.07) is 15.8. The Hall–Kier alpha value is -4.60. The molecule has 5 rings (SSSR count). The van der Waals surface area contributed by atoms with E-state index in [4.69, 9.17) is 4.74 Å². The molecule has 1 aliphatic carbocycles. The molecule has 1 saturated heterocycles. The van der Waals surface area contributed by atoms with Gasteiger partial charge in [-0.3, -0.25) is 14.7 Å². The van der Waals surface area contributed by atoms with Gasteiger partial charge in [0.15, 0.2) is 17.9 Å². The molecular weight excluding hydrogens is 488 g/mol. The molecule has 3 aromatic rings. The number of rotatable bonds is 6. The van der Waals surface area contributed by atoms with Crippen LogP contribution in [0.2, 0.25) is 0 Å². The second kappa shape index (κ2) is 10.8. The van der Waals surface area contributed by atoms with Gasteiger partial charge < -0.3 is 29.9 Å². The highest BCUT2D eigenvalue weighted by molar-refractivity contribution is 5.89. The topological polar surface area (TPSA) is 127 Å². The van der Waals surface area contributed by atoms with E-state index in [1.807, 2.05) is 35.3 Å². The van der Waals surface area contributed by atoms with E-state index in [1.165, 1.54) is 4.57 Å². The van der Waals surface area contributed by atoms with Gasteiger partial charge in [-0.2, -0.15) is 0 Å². The first-order valence-electron chi connectivity index (χ1n) is 12.5. The zero-order valence-corrected chi connectivity index (χ0v) is 20.8. The summed E-state index contributed by atoms with van der Waals surface area (Å²) in [5.41, 5.74) is 2.40. The zero-order chi connectivity index (χ0) is 26.6. The third-order valence-corrected chi connectivity index (χ3v) is 6.93. The van der Waals surface area contributed by atoms with E-state index in [2.05, 4.69) is 5.32 Å². The SMILES string of the molecule is O=C(Nc1ccccc1)OC(Cn1c(O)c2c(c1O)CC=CC2)C(=O)N1CCN(c2ccccc2O)CC1. The largest absolute Gasteiger partial charge is 0.506 e. The number of phenols is 1. The highest BCUT2D eigenvalue weighted by Gasteiger charge is 2.34. The Kier molecular flexibility index (Phi) is 7.12. The summed E-state index contributed by atoms with van der Waals surface area (Å²) in [6.45, 7) is 1.40. The number of aromatic nitrogens is 1. The number of aromatic hydroxyl groups is 3. The maximum absolute atomic E-state index is 13.6. The van der Waals surface area contributed by atoms with Gasteiger partial charge in [-0.15, -0.1) is 0 Å². The van der Waals surface area contributed by atoms with Gasteiger partial charge in [0.25, 0.3) is 5.91 Å². The number of phenolic OH excluding ortho intramolecular Hbond substituents is 1. The molecule has 2 aliphatic rings. The third kappa shape index (κ3) is 5.10. The van der Waals surface area contributed by atoms with Gasteiger partial charge in [0, 0.05) is 43.0 Å². The molecule has 1 fully saturated rings. The number of amides is 2. The second-order valence-corrected chi connectivity index (χ2v) is 9.28. The molecule has 2 amide bonds. The normalized spacial score (nSPS) is 15.6. The number of hydrogen-bond donors (Lipinski definition) is 4. The first kappa shape index (κ1) is 25.1. The third-order valence-electron chi connectivity index (χ3n) is 6.93. The summed E-state index contributed by atoms with van der Waals surface area (Å²) in [5, 5.41) is 34.4. The summed E-state index contributed by atoms with van der Waals surface area (Å²) in [7, 11) is 0. The molecule has 0 bridgehead atoms. The highest BCUT2D eigenvalue weighted by atomic mass is 16.6. The van der Waals surface area contributed by atoms with Crippen molar-refractivity contribution >= 4 is 23.4 Å². The fourth-order valence-electron chi connectivity index (χ4n) is 4.93. The summed E-state index contributed by atoms with van der Waals surface area (Å²) in [5.74, 6) is -0.552. The van der Waals surface area contributed by atoms with Crippen molar-refractivity contribution in [1.29, 1.82) is 0 Å². The van der Waals surface area contributed by atoms with E-state index in [9.17, 15) is 24.9 Å². The molecule has 198 valence electrons. The number of benzene rings is 2. The van der Waals surface area contributed by atoms with Gasteiger partial charge in [0.05, 0.1) is 12.2 Å². The molecule has 1 atom stereocenters. The average Bonchev–Trinajstić information content (AvgIpc) is 3.18. The lowest BCUT2D eigenvalue weighted by Crippen LogP contribution is -2.53. The van der Waals surface area contributed by atoms with Gasteiger partial charge >= 0.3 is 6.09 Å². The van der Waals surface area contributed by atoms with Crippen LogP contribution in [0.4, 0.5) is 16.2 Å². The summed E-state index contributed by atoms with van der Waals surface area (Å²) < 4.78 is 6.82. The molecule has 1 aromatic heterocycles. The van der Waals surface area contributed by atoms with Gasteiger partial charge in [-0.05, 0) is 37.1 Å². The van der Waals surface area contributed by atoms with Crippen molar-refractivity contribution in [3.05, 3.63) is 77.9 Å². The Morgan fingerprint density at radius 2 is 1.45 bits per heavy atom. The molecule has 4 N–H and O–H groups in total. The first-order chi connectivity index (χ1) is 18.4. The van der Waals surface area contributed by atoms with Crippen molar-refractivity contribution in [3.63, 3.8) is 0 Å². The van der Waals surface area contributed by atoms with Crippen molar-refractivity contribution < 1.29 is 29.6 Å². The van der Waals surface area contributed by atoms with Crippen LogP contribution in [-0.2, 0) is 28.9 Å². The molecule has 0 spiro atoms. The quantitative estimate of drug-likeness (QED) is 0.369. The van der Waals surface area contributed by atoms with Gasteiger partial charge in [0.1, 0.15) is 5.75 Å². The van der Waals surface area contributed by atoms with Crippen molar-refractivity contribution in [2.24, 2.45) is 0 Å². The lowest BCUT2D eigenvalue weighted by molar-refractivity contribution is -0.141. The average molecular weight is 519 g/mol. The predicted molar refractivity (Wildman–Crippen MR) is 142 cm³/mol. The van der Waals surface area contributed by atoms with Crippen LogP contribution in [0.1, 0.15) is 11.1 Å². The van der Waals surface area contributed by atoms with E-state index < -0.39 is 18.1 Å². The van der Waals surface area contributed by atoms with E-state index >= 15 is 0 Å². The summed E-state index contributed by atoms with van der Waals surface area (Å²) in [6.07, 6.45) is 2.62. The van der Waals surface area contributed by atoms with Gasteiger partial charge in [-0.1, -0.05) is 42.5 Å². The van der Waals surface area contributed by atoms with Crippen molar-refractivity contribution in [2.75, 3.05) is 36.4 Å². The number of nitrogens with zero attached hydrogens (tertiary/aromatic N) is 3. The van der Waals surface area contributed by atoms with Crippen LogP contribution in [0.3, 0.4) is 0 Å². The lowest BCUT2D eigenvalue weighted by atomic mass is 10.0. The number of hydrogen-bond acceptors (Lipinski definition) is 7. The van der Waals surface area contributed by atoms with Crippen LogP contribution in [-0.4, -0.2) is 69.1 Å². The molecule has 1 unspecified atom stereocenters. The minimum absolute atomic E-state index is 0.143. The first-order valence-corrected chi connectivity index (χ1v) is 12.5. The summed E-state index contributed by atoms with van der Waals surface area (Å²) in [4.78, 5) is 30.0. The lowest BCUT2D eigenvalue weighted by Gasteiger charge is -2.37. The minimum atomic E-state index is -1.30. The number of para-hydroxylation sites is 3. The summed E-state index contributed by atoms with van der Waals surface area (Å²) >= 11 is 0. The second-order valence-electron chi connectivity index (χ2n) is 9.28. The van der Waals surface area contributed by atoms with Crippen molar-refractivity contribution in [3.8, 4) is 17.5 Å². The number of ether oxygens (including phenoxy) is 1. The van der Waals surface area contributed by atoms with Gasteiger partial charge in [0.2, 0.25) is 0 Å². The number of nitrogens with one attached hydrogen (secondary N) is 1. The van der Waals surface area contributed by atoms with E-state index in [1.54, 1.807) is 41.3 Å². The van der Waals surface area contributed by atoms with E-state index in [-0.39, 0.29) is 24.1 Å². The Morgan fingerprint density at radius 3 is 2.08 bits per heavy atom. The number of piperazine rings is 1. The van der Waals surface area contributed by atoms with Gasteiger partial charge in [-0.25, -0.2) is 4.79 Å². The van der Waals surface area contributed by atoms with Crippen molar-refractivity contribution in [2.45, 2.75) is 25.5 Å². The van der Waals surface area contributed by atoms with Crippen LogP contribution in [0.25, 0.3) is 0 Å². The fraction of sp³-hybridized carbons (Fsp3) is 0.286. The monoisotopic (exact) mass is 518 g/mol. The standard InChI is InChI=1S/C28H30N4O6/c33-23-13-7-6-12-22(23)30-14-16-31(17-15-30)27(36)24(38-28(37)29-19-8-2-1-3-9-19)18-32-25(34)20-10-4-5-11-21(20)26(32)35/h1-9,12-13,24,33-35H,10-11,14-18H2,(H,29,37). The van der Waals surface area contributed by atoms with E-state index in [0.717, 1.165) is 0 Å². The molecule has 1 aliphatic heterocycles. The molecule has 10 nitrogen and oxygen atoms in total. The van der Waals surface area contributed by atoms with E-state index in [0.29, 0.717) is 61.5 Å². The molecule has 0 saturated carbocycles. The number of carbonyl (C=O) groups excluding carboxylic acids is 2. The molecule has 2 heterocycles. The van der Waals surface area contributed by atoms with Crippen molar-refractivity contribution in [1.82, 2.24) is 9.47 Å². The predicted octanol–water partition coefficient (Wildman–Crippen LogP) is 3.23. The van der Waals surface area contributed by atoms with Crippen LogP contribution in [0.15, 0.2) is 66.7 Å². The van der Waals surface area contributed by atoms with Crippen LogP contribution < -0.4 is 10.2 Å². The fourth-order valence-corrected chi connectivity index (χ4v) is 4.93. The Labute approximate surface area is 220 Å². The maximum Gasteiger partial charge on any atom is 0.412 e. The molecule has 38 heavy (non-hydrogen) atoms. The number of fused-ring (bicyclic) bond motifs is 1. The smallest absolute Gasteiger partial charge is 0.412 e. The molecule has 2 aromatic carbocycles. The highest BCUT2D eigenvalue weighted by Crippen LogP contribution is 2.37. The molecular formula is C28H30N4O6. The Morgan fingerprint density at radius 1 is 0.842 bits per heavy atom. The number of anilines is 2. The molecule has 0 radical (unpaired) electrons. The maximum atomic E-state index is 13.6.